The molecule has 2 aliphatic rings. The van der Waals surface area contributed by atoms with Crippen LogP contribution in [0, 0.1) is 0 Å². The standard InChI is InChI=1S/C15H17N3O2S/c16-13-7-14(20)18-15(17-13)21-8-12(19)11-5-3-10(4-6-11)9-1-2-9/h3-6,9,13H,1-2,7-8,16H2,(H,17,18,20). The van der Waals surface area contributed by atoms with E-state index in [0.29, 0.717) is 16.6 Å². The van der Waals surface area contributed by atoms with Gasteiger partial charge in [-0.05, 0) is 24.3 Å². The van der Waals surface area contributed by atoms with Gasteiger partial charge >= 0.3 is 0 Å². The summed E-state index contributed by atoms with van der Waals surface area (Å²) in [5.41, 5.74) is 7.64. The maximum absolute atomic E-state index is 12.1. The number of nitrogens with one attached hydrogen (secondary N) is 1. The van der Waals surface area contributed by atoms with Crippen LogP contribution in [0.5, 0.6) is 0 Å². The number of amidine groups is 1. The van der Waals surface area contributed by atoms with Crippen molar-refractivity contribution < 1.29 is 9.59 Å². The van der Waals surface area contributed by atoms with E-state index in [0.717, 1.165) is 0 Å². The maximum Gasteiger partial charge on any atom is 0.229 e. The second-order valence-corrected chi connectivity index (χ2v) is 6.33. The van der Waals surface area contributed by atoms with Crippen molar-refractivity contribution in [3.05, 3.63) is 35.4 Å². The molecule has 1 fully saturated rings. The number of thioether (sulfide) groups is 1. The molecule has 5 nitrogen and oxygen atoms in total. The summed E-state index contributed by atoms with van der Waals surface area (Å²) in [5.74, 6) is 0.811. The highest BCUT2D eigenvalue weighted by Gasteiger charge is 2.23. The molecule has 1 saturated carbocycles. The number of rotatable bonds is 4. The molecule has 1 amide bonds. The topological polar surface area (TPSA) is 84.5 Å². The molecule has 0 radical (unpaired) electrons. The van der Waals surface area contributed by atoms with E-state index in [1.807, 2.05) is 24.3 Å². The number of carbonyl (C=O) groups is 2. The number of ketones is 1. The van der Waals surface area contributed by atoms with Crippen LogP contribution >= 0.6 is 11.8 Å². The summed E-state index contributed by atoms with van der Waals surface area (Å²) in [7, 11) is 0. The van der Waals surface area contributed by atoms with E-state index in [1.165, 1.54) is 30.2 Å². The summed E-state index contributed by atoms with van der Waals surface area (Å²) in [4.78, 5) is 27.6. The first kappa shape index (κ1) is 14.3. The molecule has 0 saturated heterocycles. The van der Waals surface area contributed by atoms with Crippen LogP contribution in [-0.2, 0) is 4.79 Å². The van der Waals surface area contributed by atoms with Crippen molar-refractivity contribution in [3.63, 3.8) is 0 Å². The normalized spacial score (nSPS) is 21.7. The lowest BCUT2D eigenvalue weighted by Gasteiger charge is -2.16. The lowest BCUT2D eigenvalue weighted by Crippen LogP contribution is -2.40. The zero-order chi connectivity index (χ0) is 14.8. The Bertz CT molecular complexity index is 593. The summed E-state index contributed by atoms with van der Waals surface area (Å²) in [6.07, 6.45) is 2.20. The molecule has 6 heteroatoms. The summed E-state index contributed by atoms with van der Waals surface area (Å²) < 4.78 is 0. The number of hydrogen-bond acceptors (Lipinski definition) is 5. The number of hydrogen-bond donors (Lipinski definition) is 2. The van der Waals surface area contributed by atoms with Crippen LogP contribution in [0.3, 0.4) is 0 Å². The fraction of sp³-hybridized carbons (Fsp3) is 0.400. The van der Waals surface area contributed by atoms with Crippen LogP contribution in [0.25, 0.3) is 0 Å². The van der Waals surface area contributed by atoms with Gasteiger partial charge in [0, 0.05) is 5.56 Å². The van der Waals surface area contributed by atoms with Crippen molar-refractivity contribution in [1.29, 1.82) is 0 Å². The fourth-order valence-electron chi connectivity index (χ4n) is 2.24. The molecular weight excluding hydrogens is 286 g/mol. The molecule has 21 heavy (non-hydrogen) atoms. The quantitative estimate of drug-likeness (QED) is 0.828. The van der Waals surface area contributed by atoms with Gasteiger partial charge in [-0.25, -0.2) is 4.99 Å². The average Bonchev–Trinajstić information content (AvgIpc) is 3.28. The third-order valence-electron chi connectivity index (χ3n) is 3.55. The molecule has 1 aliphatic carbocycles. The smallest absolute Gasteiger partial charge is 0.229 e. The predicted molar refractivity (Wildman–Crippen MR) is 83.4 cm³/mol. The van der Waals surface area contributed by atoms with Gasteiger partial charge in [-0.1, -0.05) is 36.0 Å². The lowest BCUT2D eigenvalue weighted by molar-refractivity contribution is -0.120. The number of amides is 1. The Balaban J connectivity index is 1.57. The van der Waals surface area contributed by atoms with Crippen molar-refractivity contribution >= 4 is 28.6 Å². The second-order valence-electron chi connectivity index (χ2n) is 5.36. The Hall–Kier alpha value is -1.66. The van der Waals surface area contributed by atoms with Gasteiger partial charge in [-0.15, -0.1) is 0 Å². The zero-order valence-corrected chi connectivity index (χ0v) is 12.4. The van der Waals surface area contributed by atoms with Gasteiger partial charge in [0.1, 0.15) is 6.17 Å². The highest BCUT2D eigenvalue weighted by Crippen LogP contribution is 2.39. The Morgan fingerprint density at radius 1 is 1.33 bits per heavy atom. The van der Waals surface area contributed by atoms with Gasteiger partial charge in [0.15, 0.2) is 11.0 Å². The molecular formula is C15H17N3O2S. The fourth-order valence-corrected chi connectivity index (χ4v) is 3.07. The largest absolute Gasteiger partial charge is 0.309 e. The molecule has 1 atom stereocenters. The van der Waals surface area contributed by atoms with Gasteiger partial charge in [0.05, 0.1) is 12.2 Å². The molecule has 1 aliphatic heterocycles. The summed E-state index contributed by atoms with van der Waals surface area (Å²) >= 11 is 1.22. The van der Waals surface area contributed by atoms with Gasteiger partial charge in [0.25, 0.3) is 0 Å². The zero-order valence-electron chi connectivity index (χ0n) is 11.5. The summed E-state index contributed by atoms with van der Waals surface area (Å²) in [6.45, 7) is 0. The number of Topliss-reactive ketones (excluding diaryl/α,β-unsaturated/α-hetero) is 1. The van der Waals surface area contributed by atoms with Crippen LogP contribution in [-0.4, -0.2) is 28.8 Å². The van der Waals surface area contributed by atoms with E-state index in [2.05, 4.69) is 10.3 Å². The van der Waals surface area contributed by atoms with E-state index in [1.54, 1.807) is 0 Å². The molecule has 110 valence electrons. The number of aliphatic imine (C=N–C) groups is 1. The van der Waals surface area contributed by atoms with Crippen molar-refractivity contribution in [3.8, 4) is 0 Å². The Kier molecular flexibility index (Phi) is 4.07. The van der Waals surface area contributed by atoms with Crippen molar-refractivity contribution in [2.75, 3.05) is 5.75 Å². The highest BCUT2D eigenvalue weighted by molar-refractivity contribution is 8.14. The van der Waals surface area contributed by atoms with Gasteiger partial charge in [-0.2, -0.15) is 0 Å². The van der Waals surface area contributed by atoms with Crippen LogP contribution < -0.4 is 11.1 Å². The monoisotopic (exact) mass is 303 g/mol. The third kappa shape index (κ3) is 3.71. The first-order valence-corrected chi connectivity index (χ1v) is 7.99. The number of nitrogens with two attached hydrogens (primary N) is 1. The Morgan fingerprint density at radius 3 is 2.67 bits per heavy atom. The van der Waals surface area contributed by atoms with Crippen LogP contribution in [0.4, 0.5) is 0 Å². The van der Waals surface area contributed by atoms with Gasteiger partial charge in [0.2, 0.25) is 5.91 Å². The van der Waals surface area contributed by atoms with Crippen molar-refractivity contribution in [2.45, 2.75) is 31.3 Å². The molecule has 0 bridgehead atoms. The molecule has 0 spiro atoms. The maximum atomic E-state index is 12.1. The molecule has 3 N–H and O–H groups in total. The van der Waals surface area contributed by atoms with E-state index >= 15 is 0 Å². The van der Waals surface area contributed by atoms with Crippen molar-refractivity contribution in [1.82, 2.24) is 5.32 Å². The van der Waals surface area contributed by atoms with E-state index in [-0.39, 0.29) is 23.9 Å². The first-order chi connectivity index (χ1) is 10.1. The number of benzene rings is 1. The van der Waals surface area contributed by atoms with Crippen LogP contribution in [0.15, 0.2) is 29.3 Å². The van der Waals surface area contributed by atoms with Crippen LogP contribution in [0.2, 0.25) is 0 Å². The summed E-state index contributed by atoms with van der Waals surface area (Å²) in [6, 6.07) is 7.82. The molecule has 1 aromatic rings. The van der Waals surface area contributed by atoms with E-state index in [4.69, 9.17) is 5.73 Å². The average molecular weight is 303 g/mol. The van der Waals surface area contributed by atoms with E-state index < -0.39 is 6.17 Å². The Labute approximate surface area is 127 Å². The SMILES string of the molecule is NC1CC(=O)NC(SCC(=O)c2ccc(C3CC3)cc2)=N1. The highest BCUT2D eigenvalue weighted by atomic mass is 32.2. The summed E-state index contributed by atoms with van der Waals surface area (Å²) in [5, 5.41) is 3.06. The number of carbonyl (C=O) groups excluding carboxylic acids is 2. The minimum atomic E-state index is -0.505. The molecule has 0 aromatic heterocycles. The molecule has 1 unspecified atom stereocenters. The molecule has 3 rings (SSSR count). The minimum absolute atomic E-state index is 0.0263. The predicted octanol–water partition coefficient (Wildman–Crippen LogP) is 1.64. The van der Waals surface area contributed by atoms with E-state index in [9.17, 15) is 9.59 Å². The van der Waals surface area contributed by atoms with Crippen LogP contribution in [0.1, 0.15) is 41.1 Å². The van der Waals surface area contributed by atoms with Gasteiger partial charge < -0.3 is 11.1 Å². The Morgan fingerprint density at radius 2 is 2.05 bits per heavy atom. The van der Waals surface area contributed by atoms with Gasteiger partial charge in [-0.3, -0.25) is 9.59 Å². The van der Waals surface area contributed by atoms with Crippen molar-refractivity contribution in [2.24, 2.45) is 10.7 Å². The number of nitrogens with zero attached hydrogens (tertiary/aromatic N) is 1. The molecule has 1 aromatic carbocycles. The minimum Gasteiger partial charge on any atom is -0.309 e. The third-order valence-corrected chi connectivity index (χ3v) is 4.43. The first-order valence-electron chi connectivity index (χ1n) is 7.01. The lowest BCUT2D eigenvalue weighted by atomic mass is 10.1. The molecule has 1 heterocycles. The second kappa shape index (κ2) is 5.99.